The van der Waals surface area contributed by atoms with Crippen molar-refractivity contribution < 1.29 is 42.4 Å². The van der Waals surface area contributed by atoms with Gasteiger partial charge in [-0.05, 0) is 216 Å². The normalized spacial score (nSPS) is 23.8. The molecule has 0 bridgehead atoms. The zero-order chi connectivity index (χ0) is 76.4. The number of alkyl halides is 4. The number of β-amino-alcohol motifs (C(OH)–C–C–N with tert-alkyl or cyclic N) is 1. The molecule has 2 saturated heterocycles. The van der Waals surface area contributed by atoms with Gasteiger partial charge in [0, 0.05) is 26.1 Å². The molecule has 13 unspecified atom stereocenters. The lowest BCUT2D eigenvalue weighted by atomic mass is 9.72. The highest BCUT2D eigenvalue weighted by Crippen LogP contribution is 2.50. The van der Waals surface area contributed by atoms with Crippen molar-refractivity contribution in [3.8, 4) is 0 Å². The van der Waals surface area contributed by atoms with E-state index in [1.54, 1.807) is 47.6 Å². The summed E-state index contributed by atoms with van der Waals surface area (Å²) in [4.78, 5) is 15.2. The summed E-state index contributed by atoms with van der Waals surface area (Å²) in [7, 11) is 4.32. The molecule has 578 valence electrons. The predicted octanol–water partition coefficient (Wildman–Crippen LogP) is 24.8. The number of ketones is 1. The van der Waals surface area contributed by atoms with E-state index in [-0.39, 0.29) is 31.0 Å². The second-order valence-corrected chi connectivity index (χ2v) is 40.8. The number of piperidine rings is 2. The minimum atomic E-state index is -4.57. The van der Waals surface area contributed by atoms with Crippen molar-refractivity contribution >= 4 is 5.78 Å². The molecule has 0 spiro atoms. The average molecular weight is 1370 g/mol. The zero-order valence-corrected chi connectivity index (χ0v) is 70.6. The molecule has 7 nitrogen and oxygen atoms in total. The number of aliphatic hydroxyl groups is 3. The summed E-state index contributed by atoms with van der Waals surface area (Å²) in [6.45, 7) is 87.8. The lowest BCUT2D eigenvalue weighted by Crippen LogP contribution is -2.51. The minimum absolute atomic E-state index is 0. The molecule has 2 heterocycles. The van der Waals surface area contributed by atoms with Crippen molar-refractivity contribution in [3.05, 3.63) is 12.7 Å². The van der Waals surface area contributed by atoms with Crippen LogP contribution in [0.2, 0.25) is 0 Å². The number of likely N-dealkylation sites (N-methyl/N-ethyl adjacent to an activating group) is 1. The van der Waals surface area contributed by atoms with Crippen LogP contribution in [0.3, 0.4) is 0 Å². The Morgan fingerprint density at radius 3 is 1.16 bits per heavy atom. The summed E-state index contributed by atoms with van der Waals surface area (Å²) in [6.07, 6.45) is 10.7. The molecule has 0 aromatic rings. The van der Waals surface area contributed by atoms with Crippen LogP contribution in [0, 0.1) is 102 Å². The van der Waals surface area contributed by atoms with E-state index < -0.39 is 28.8 Å². The third-order valence-corrected chi connectivity index (χ3v) is 21.0. The lowest BCUT2D eigenvalue weighted by Gasteiger charge is -2.40. The molecule has 13 atom stereocenters. The molecule has 4 rings (SSSR count). The molecule has 95 heavy (non-hydrogen) atoms. The van der Waals surface area contributed by atoms with Gasteiger partial charge < -0.3 is 34.7 Å². The van der Waals surface area contributed by atoms with E-state index in [0.717, 1.165) is 81.7 Å². The van der Waals surface area contributed by atoms with Gasteiger partial charge >= 0.3 is 6.18 Å². The van der Waals surface area contributed by atoms with Crippen molar-refractivity contribution in [2.24, 2.45) is 102 Å². The van der Waals surface area contributed by atoms with Gasteiger partial charge in [-0.15, -0.1) is 6.58 Å². The first-order valence-electron chi connectivity index (χ1n) is 37.1. The first-order valence-corrected chi connectivity index (χ1v) is 37.1. The molecule has 4 fully saturated rings. The van der Waals surface area contributed by atoms with Gasteiger partial charge in [0.25, 0.3) is 0 Å². The number of hydrogen-bond acceptors (Lipinski definition) is 7. The van der Waals surface area contributed by atoms with Crippen LogP contribution in [0.15, 0.2) is 12.7 Å². The largest absolute Gasteiger partial charge is 0.417 e. The summed E-state index contributed by atoms with van der Waals surface area (Å²) in [5.74, 6) is 5.62. The number of likely N-dealkylation sites (tertiary alicyclic amines) is 2. The Morgan fingerprint density at radius 1 is 0.558 bits per heavy atom. The predicted molar refractivity (Wildman–Crippen MR) is 413 cm³/mol. The summed E-state index contributed by atoms with van der Waals surface area (Å²) in [5, 5.41) is 27.8. The highest BCUT2D eigenvalue weighted by atomic mass is 19.4. The molecule has 3 N–H and O–H groups in total. The average Bonchev–Trinajstić information content (AvgIpc) is 1.33. The van der Waals surface area contributed by atoms with Gasteiger partial charge in [0.05, 0.1) is 24.9 Å². The highest BCUT2D eigenvalue weighted by molar-refractivity contribution is 5.75. The first-order chi connectivity index (χ1) is 41.2. The number of carbonyl (C=O) groups excluding carboxylic acids is 1. The van der Waals surface area contributed by atoms with E-state index in [0.29, 0.717) is 68.2 Å². The third-order valence-electron chi connectivity index (χ3n) is 21.0. The molecule has 2 saturated carbocycles. The lowest BCUT2D eigenvalue weighted by molar-refractivity contribution is -0.280. The van der Waals surface area contributed by atoms with Crippen molar-refractivity contribution in [1.29, 1.82) is 0 Å². The maximum Gasteiger partial charge on any atom is 0.417 e. The Kier molecular flexibility index (Phi) is 48.3. The summed E-state index contributed by atoms with van der Waals surface area (Å²) in [6, 6.07) is 0. The fourth-order valence-electron chi connectivity index (χ4n) is 12.1. The van der Waals surface area contributed by atoms with Gasteiger partial charge in [-0.1, -0.05) is 248 Å². The van der Waals surface area contributed by atoms with E-state index in [9.17, 15) is 32.6 Å². The molecular weight excluding hydrogens is 1190 g/mol. The summed E-state index contributed by atoms with van der Waals surface area (Å²) >= 11 is 0. The number of Topliss-reactive ketones (excluding diaryl/α,β-unsaturated/α-hetero) is 1. The van der Waals surface area contributed by atoms with Crippen molar-refractivity contribution in [2.45, 2.75) is 377 Å². The first kappa shape index (κ1) is 105. The topological polar surface area (TPSA) is 93.5 Å². The quantitative estimate of drug-likeness (QED) is 0.148. The molecule has 4 aliphatic rings. The van der Waals surface area contributed by atoms with Crippen LogP contribution in [-0.4, -0.2) is 114 Å². The monoisotopic (exact) mass is 1370 g/mol. The number of rotatable bonds is 10. The molecule has 11 heteroatoms. The van der Waals surface area contributed by atoms with Crippen LogP contribution < -0.4 is 0 Å². The zero-order valence-electron chi connectivity index (χ0n) is 70.6. The molecular formula is C84H174F4N2O5. The Balaban J connectivity index is -0.000000235. The third kappa shape index (κ3) is 53.4. The highest BCUT2D eigenvalue weighted by Gasteiger charge is 2.56. The number of ether oxygens (including phenoxy) is 1. The SMILES string of the molecule is C.C=CCOC(C)C(C)C(C)(C)C.CC(=O)CCC(C)(C)C.CC(C(C)(C)C)C(C)(C)F.CC(C(C)(C)C)C(C)(O)C(F)(F)F.CC(O)CCC(C)(C)C.CC1CC1C(C)(C)C.CC1CCCC1C(C)(C)C.CN1CC(O)CC(C(C)(C)C)C1.CN1CCCC(C(C)(C)C)C1. The minimum Gasteiger partial charge on any atom is -0.393 e. The van der Waals surface area contributed by atoms with Crippen LogP contribution in [0.1, 0.15) is 341 Å². The molecule has 0 radical (unpaired) electrons. The Labute approximate surface area is 593 Å². The van der Waals surface area contributed by atoms with Crippen LogP contribution >= 0.6 is 0 Å². The van der Waals surface area contributed by atoms with Gasteiger partial charge in [-0.2, -0.15) is 13.2 Å². The number of nitrogens with zero attached hydrogens (tertiary/aromatic N) is 2. The van der Waals surface area contributed by atoms with E-state index in [2.05, 4.69) is 224 Å². The van der Waals surface area contributed by atoms with E-state index in [4.69, 9.17) is 9.84 Å². The van der Waals surface area contributed by atoms with E-state index in [1.165, 1.54) is 58.5 Å². The molecule has 0 aromatic heterocycles. The van der Waals surface area contributed by atoms with Crippen LogP contribution in [0.5, 0.6) is 0 Å². The van der Waals surface area contributed by atoms with Gasteiger partial charge in [0.15, 0.2) is 5.60 Å². The van der Waals surface area contributed by atoms with Crippen LogP contribution in [0.4, 0.5) is 17.6 Å². The summed E-state index contributed by atoms with van der Waals surface area (Å²) < 4.78 is 55.9. The fraction of sp³-hybridized carbons (Fsp3) is 0.964. The number of carbonyl (C=O) groups is 1. The van der Waals surface area contributed by atoms with Gasteiger partial charge in [-0.25, -0.2) is 4.39 Å². The van der Waals surface area contributed by atoms with Crippen molar-refractivity contribution in [1.82, 2.24) is 9.80 Å². The molecule has 2 aliphatic carbocycles. The summed E-state index contributed by atoms with van der Waals surface area (Å²) in [5.41, 5.74) is -1.20. The molecule has 0 amide bonds. The number of aliphatic hydroxyl groups excluding tert-OH is 2. The Bertz CT molecular complexity index is 1900. The Hall–Kier alpha value is -1.11. The van der Waals surface area contributed by atoms with Crippen LogP contribution in [-0.2, 0) is 9.53 Å². The standard InChI is InChI=1S/C11H22O.C10H21NO.C10H21N.C10H20.C9H17F3O.C9H19F.C8H18O.C8H16O.C8H16.CH4/c1-7-8-12-10(3)9(2)11(4,5)6;1-10(2,3)8-5-9(12)7-11(4)6-8;1-10(2,3)9-6-5-7-11(4)8-9;1-8-6-5-7-9(8)10(2,3)4;1-6(7(2,3)4)8(5,13)9(10,11)12;1-7(8(2,3)4)9(5,6)10;2*1-7(9)5-6-8(2,3)4;1-6-5-7(6)8(2,3)4;/h7,9-10H,1,8H2,2-6H3;8-9,12H,5-7H2,1-4H3;9H,5-8H2,1-4H3;8-9H,5-7H2,1-4H3;6,13H,1-5H3;7H,1-6H3;7,9H,5-6H2,1-4H3;5-6H2,1-4H3;6-7H,5H2,1-4H3;1H4. The maximum absolute atomic E-state index is 13.3. The van der Waals surface area contributed by atoms with E-state index >= 15 is 0 Å². The smallest absolute Gasteiger partial charge is 0.393 e. The molecule has 0 aromatic carbocycles. The second-order valence-electron chi connectivity index (χ2n) is 40.8. The maximum atomic E-state index is 13.3. The number of hydrogen-bond donors (Lipinski definition) is 3. The Morgan fingerprint density at radius 2 is 0.968 bits per heavy atom. The van der Waals surface area contributed by atoms with Crippen molar-refractivity contribution in [3.63, 3.8) is 0 Å². The second kappa shape index (κ2) is 43.8. The fourth-order valence-corrected chi connectivity index (χ4v) is 12.1. The van der Waals surface area contributed by atoms with Crippen LogP contribution in [0.25, 0.3) is 0 Å². The van der Waals surface area contributed by atoms with Gasteiger partial charge in [0.2, 0.25) is 0 Å². The number of halogens is 4. The van der Waals surface area contributed by atoms with E-state index in [1.807, 2.05) is 13.8 Å². The van der Waals surface area contributed by atoms with Gasteiger partial charge in [-0.3, -0.25) is 0 Å². The van der Waals surface area contributed by atoms with Gasteiger partial charge in [0.1, 0.15) is 11.5 Å². The van der Waals surface area contributed by atoms with Crippen molar-refractivity contribution in [2.75, 3.05) is 46.9 Å². The molecule has 2 aliphatic heterocycles.